The second-order valence-corrected chi connectivity index (χ2v) is 18.2. The number of rotatable bonds is 31. The molecule has 0 aliphatic rings. The number of hydrogen-bond acceptors (Lipinski definition) is 15. The molecule has 8 amide bonds. The first-order valence-corrected chi connectivity index (χ1v) is 24.2. The van der Waals surface area contributed by atoms with Crippen molar-refractivity contribution in [1.29, 1.82) is 0 Å². The van der Waals surface area contributed by atoms with Crippen molar-refractivity contribution < 1.29 is 73.5 Å². The summed E-state index contributed by atoms with van der Waals surface area (Å²) in [6.07, 6.45) is -1.57. The molecule has 3 aromatic rings. The number of aliphatic imine (C=N–C) groups is 1. The number of phenols is 2. The predicted molar refractivity (Wildman–Crippen MR) is 276 cm³/mol. The monoisotopic (exact) mass is 1080 g/mol. The Balaban J connectivity index is 1.78. The summed E-state index contributed by atoms with van der Waals surface area (Å²) >= 11 is 0. The standard InChI is InChI=1S/C50H68N12O15/c1-26(2)41(48(75)59-36(23-40(67)68)46(73)60-37(49(76)77)22-28-8-5-4-6-9-28)62-47(74)38(25-63)61-44(71)33(10-7-19-54-50(52)53)56-39(66)24-55-43(70)34(20-29-11-15-31(64)16-12-29)58-45(72)35(57-42(69)27(3)51)21-30-13-17-32(65)18-14-30/h4-6,8-9,11-18,26-27,33-38,41,63-65H,7,10,19-25,51H2,1-3H3,(H,55,70)(H,56,66)(H,57,69)(H,58,72)(H,59,75)(H,60,73)(H,61,71)(H,62,74)(H,67,68)(H,76,77)(H4,52,53,54)/t27-,33-,34-,35-,36-,37-,38-,41-/m0/s1. The number of benzene rings is 3. The molecule has 0 saturated carbocycles. The molecule has 19 N–H and O–H groups in total. The van der Waals surface area contributed by atoms with Gasteiger partial charge in [-0.3, -0.25) is 48.1 Å². The fourth-order valence-corrected chi connectivity index (χ4v) is 7.26. The first kappa shape index (κ1) is 62.4. The highest BCUT2D eigenvalue weighted by Gasteiger charge is 2.35. The van der Waals surface area contributed by atoms with Crippen LogP contribution in [0, 0.1) is 5.92 Å². The maximum absolute atomic E-state index is 13.8. The van der Waals surface area contributed by atoms with Crippen molar-refractivity contribution in [2.75, 3.05) is 19.7 Å². The van der Waals surface area contributed by atoms with E-state index in [1.165, 1.54) is 69.3 Å². The molecular weight excluding hydrogens is 1010 g/mol. The van der Waals surface area contributed by atoms with E-state index in [1.54, 1.807) is 30.3 Å². The van der Waals surface area contributed by atoms with E-state index >= 15 is 0 Å². The van der Waals surface area contributed by atoms with Gasteiger partial charge in [0.05, 0.1) is 25.6 Å². The Morgan fingerprint density at radius 2 is 0.987 bits per heavy atom. The summed E-state index contributed by atoms with van der Waals surface area (Å²) in [4.78, 5) is 136. The lowest BCUT2D eigenvalue weighted by molar-refractivity contribution is -0.143. The third-order valence-corrected chi connectivity index (χ3v) is 11.4. The van der Waals surface area contributed by atoms with Gasteiger partial charge in [-0.05, 0) is 66.6 Å². The number of carboxylic acid groups (broad SMARTS) is 2. The van der Waals surface area contributed by atoms with Gasteiger partial charge in [0.1, 0.15) is 53.8 Å². The lowest BCUT2D eigenvalue weighted by atomic mass is 10.0. The smallest absolute Gasteiger partial charge is 0.326 e. The number of nitrogens with zero attached hydrogens (tertiary/aromatic N) is 1. The molecule has 0 bridgehead atoms. The van der Waals surface area contributed by atoms with E-state index in [1.807, 2.05) is 0 Å². The number of guanidine groups is 1. The molecule has 77 heavy (non-hydrogen) atoms. The number of carbonyl (C=O) groups excluding carboxylic acids is 8. The Morgan fingerprint density at radius 3 is 1.49 bits per heavy atom. The second-order valence-electron chi connectivity index (χ2n) is 18.2. The van der Waals surface area contributed by atoms with Crippen molar-refractivity contribution in [3.8, 4) is 11.5 Å². The van der Waals surface area contributed by atoms with Gasteiger partial charge in [-0.2, -0.15) is 0 Å². The van der Waals surface area contributed by atoms with Gasteiger partial charge in [0, 0.05) is 25.8 Å². The summed E-state index contributed by atoms with van der Waals surface area (Å²) < 4.78 is 0. The van der Waals surface area contributed by atoms with Crippen LogP contribution < -0.4 is 59.7 Å². The first-order valence-electron chi connectivity index (χ1n) is 24.2. The molecule has 0 aliphatic carbocycles. The fourth-order valence-electron chi connectivity index (χ4n) is 7.26. The highest BCUT2D eigenvalue weighted by Crippen LogP contribution is 2.15. The van der Waals surface area contributed by atoms with Crippen molar-refractivity contribution in [2.45, 2.75) is 108 Å². The normalized spacial score (nSPS) is 14.0. The van der Waals surface area contributed by atoms with E-state index in [2.05, 4.69) is 47.5 Å². The minimum Gasteiger partial charge on any atom is -0.508 e. The molecule has 418 valence electrons. The third-order valence-electron chi connectivity index (χ3n) is 11.4. The molecule has 0 spiro atoms. The summed E-state index contributed by atoms with van der Waals surface area (Å²) in [5.74, 6) is -11.9. The topological polar surface area (TPSA) is 459 Å². The van der Waals surface area contributed by atoms with Crippen LogP contribution in [0.25, 0.3) is 0 Å². The van der Waals surface area contributed by atoms with E-state index < -0.39 is 133 Å². The number of nitrogens with one attached hydrogen (secondary N) is 8. The SMILES string of the molecule is CC(C)[C@H](NC(=O)[C@H](CO)NC(=O)[C@H](CCCN=C(N)N)NC(=O)CNC(=O)[C@H](Cc1ccc(O)cc1)NC(=O)[C@H](Cc1ccc(O)cc1)NC(=O)[C@H](C)N)C(=O)N[C@@H](CC(=O)O)C(=O)N[C@@H](Cc1ccccc1)C(=O)O. The molecule has 27 heteroatoms. The number of carbonyl (C=O) groups is 10. The average molecular weight is 1080 g/mol. The average Bonchev–Trinajstić information content (AvgIpc) is 3.37. The van der Waals surface area contributed by atoms with Gasteiger partial charge < -0.3 is 85.3 Å². The number of phenolic OH excluding ortho intramolecular Hbond substituents is 2. The predicted octanol–water partition coefficient (Wildman–Crippen LogP) is -3.76. The van der Waals surface area contributed by atoms with Crippen molar-refractivity contribution in [3.05, 3.63) is 95.6 Å². The molecule has 0 aromatic heterocycles. The van der Waals surface area contributed by atoms with Crippen LogP contribution in [0.3, 0.4) is 0 Å². The van der Waals surface area contributed by atoms with Crippen molar-refractivity contribution >= 4 is 65.2 Å². The Kier molecular flexibility index (Phi) is 25.2. The van der Waals surface area contributed by atoms with Crippen LogP contribution in [-0.4, -0.2) is 159 Å². The summed E-state index contributed by atoms with van der Waals surface area (Å²) in [5.41, 5.74) is 18.1. The first-order chi connectivity index (χ1) is 36.4. The quantitative estimate of drug-likeness (QED) is 0.0167. The largest absolute Gasteiger partial charge is 0.508 e. The molecule has 0 aliphatic heterocycles. The van der Waals surface area contributed by atoms with E-state index in [4.69, 9.17) is 17.2 Å². The van der Waals surface area contributed by atoms with E-state index in [0.29, 0.717) is 16.7 Å². The zero-order chi connectivity index (χ0) is 57.4. The second kappa shape index (κ2) is 31.1. The molecule has 0 heterocycles. The lowest BCUT2D eigenvalue weighted by Gasteiger charge is -2.27. The molecule has 0 fully saturated rings. The molecule has 8 atom stereocenters. The van der Waals surface area contributed by atoms with Crippen molar-refractivity contribution in [2.24, 2.45) is 28.1 Å². The van der Waals surface area contributed by atoms with Crippen LogP contribution in [0.1, 0.15) is 56.7 Å². The number of aliphatic hydroxyl groups is 1. The molecule has 27 nitrogen and oxygen atoms in total. The van der Waals surface area contributed by atoms with Crippen LogP contribution >= 0.6 is 0 Å². The number of nitrogens with two attached hydrogens (primary N) is 3. The maximum atomic E-state index is 13.8. The van der Waals surface area contributed by atoms with Crippen LogP contribution in [-0.2, 0) is 67.2 Å². The van der Waals surface area contributed by atoms with Crippen molar-refractivity contribution in [3.63, 3.8) is 0 Å². The van der Waals surface area contributed by atoms with Gasteiger partial charge in [0.15, 0.2) is 5.96 Å². The van der Waals surface area contributed by atoms with Gasteiger partial charge in [0.2, 0.25) is 47.3 Å². The molecule has 3 aromatic carbocycles. The number of aromatic hydroxyl groups is 2. The number of amides is 8. The number of aliphatic carboxylic acids is 2. The Labute approximate surface area is 442 Å². The third kappa shape index (κ3) is 22.3. The Bertz CT molecular complexity index is 2540. The van der Waals surface area contributed by atoms with Gasteiger partial charge in [-0.1, -0.05) is 68.4 Å². The Hall–Kier alpha value is -8.85. The van der Waals surface area contributed by atoms with E-state index in [9.17, 15) is 73.5 Å². The molecule has 0 saturated heterocycles. The van der Waals surface area contributed by atoms with Crippen LogP contribution in [0.5, 0.6) is 11.5 Å². The van der Waals surface area contributed by atoms with Gasteiger partial charge in [-0.15, -0.1) is 0 Å². The van der Waals surface area contributed by atoms with Crippen LogP contribution in [0.15, 0.2) is 83.9 Å². The number of carboxylic acids is 2. The maximum Gasteiger partial charge on any atom is 0.326 e. The fraction of sp³-hybridized carbons (Fsp3) is 0.420. The zero-order valence-electron chi connectivity index (χ0n) is 42.6. The molecule has 0 unspecified atom stereocenters. The van der Waals surface area contributed by atoms with Gasteiger partial charge in [-0.25, -0.2) is 4.79 Å². The summed E-state index contributed by atoms with van der Waals surface area (Å²) in [7, 11) is 0. The lowest BCUT2D eigenvalue weighted by Crippen LogP contribution is -2.61. The molecule has 3 rings (SSSR count). The van der Waals surface area contributed by atoms with Crippen LogP contribution in [0.4, 0.5) is 0 Å². The van der Waals surface area contributed by atoms with E-state index in [-0.39, 0.29) is 56.1 Å². The van der Waals surface area contributed by atoms with Gasteiger partial charge in [0.25, 0.3) is 0 Å². The van der Waals surface area contributed by atoms with Gasteiger partial charge >= 0.3 is 11.9 Å². The number of hydrogen-bond donors (Lipinski definition) is 16. The summed E-state index contributed by atoms with van der Waals surface area (Å²) in [6.45, 7) is 2.47. The minimum atomic E-state index is -1.82. The summed E-state index contributed by atoms with van der Waals surface area (Å²) in [6, 6.07) is 7.79. The number of aliphatic hydroxyl groups excluding tert-OH is 1. The van der Waals surface area contributed by atoms with Crippen molar-refractivity contribution in [1.82, 2.24) is 42.5 Å². The van der Waals surface area contributed by atoms with E-state index in [0.717, 1.165) is 0 Å². The minimum absolute atomic E-state index is 0.0320. The highest BCUT2D eigenvalue weighted by molar-refractivity contribution is 5.98. The molecular formula is C50H68N12O15. The van der Waals surface area contributed by atoms with Crippen LogP contribution in [0.2, 0.25) is 0 Å². The zero-order valence-corrected chi connectivity index (χ0v) is 42.6. The highest BCUT2D eigenvalue weighted by atomic mass is 16.4. The summed E-state index contributed by atoms with van der Waals surface area (Å²) in [5, 5.41) is 68.4. The molecule has 0 radical (unpaired) electrons. The Morgan fingerprint density at radius 1 is 0.532 bits per heavy atom.